The van der Waals surface area contributed by atoms with E-state index in [0.29, 0.717) is 13.0 Å². The number of cyclic esters (lactones) is 1. The molecular formula is C17H36O4Si2. The van der Waals surface area contributed by atoms with E-state index >= 15 is 0 Å². The number of carbonyl (C=O) groups is 1. The van der Waals surface area contributed by atoms with Gasteiger partial charge in [-0.25, -0.2) is 0 Å². The second-order valence-corrected chi connectivity index (χ2v) is 19.3. The minimum Gasteiger partial charge on any atom is -0.457 e. The van der Waals surface area contributed by atoms with Crippen LogP contribution in [0.25, 0.3) is 0 Å². The Morgan fingerprint density at radius 1 is 1.00 bits per heavy atom. The van der Waals surface area contributed by atoms with Crippen molar-refractivity contribution in [1.82, 2.24) is 0 Å². The topological polar surface area (TPSA) is 44.8 Å². The molecule has 1 aliphatic heterocycles. The molecule has 1 heterocycles. The van der Waals surface area contributed by atoms with E-state index in [4.69, 9.17) is 13.6 Å². The van der Waals surface area contributed by atoms with Gasteiger partial charge >= 0.3 is 5.97 Å². The van der Waals surface area contributed by atoms with Gasteiger partial charge in [0.25, 0.3) is 0 Å². The number of carbonyl (C=O) groups excluding carboxylic acids is 1. The molecule has 1 aliphatic rings. The lowest BCUT2D eigenvalue weighted by molar-refractivity contribution is -0.142. The summed E-state index contributed by atoms with van der Waals surface area (Å²) in [4.78, 5) is 11.8. The first kappa shape index (κ1) is 20.9. The molecule has 1 rings (SSSR count). The first-order valence-electron chi connectivity index (χ1n) is 8.58. The van der Waals surface area contributed by atoms with Gasteiger partial charge in [-0.1, -0.05) is 41.5 Å². The average molecular weight is 361 g/mol. The molecule has 1 fully saturated rings. The van der Waals surface area contributed by atoms with Crippen LogP contribution in [0.4, 0.5) is 0 Å². The molecule has 0 N–H and O–H groups in total. The summed E-state index contributed by atoms with van der Waals surface area (Å²) in [7, 11) is -3.78. The fraction of sp³-hybridized carbons (Fsp3) is 0.941. The quantitative estimate of drug-likeness (QED) is 0.526. The van der Waals surface area contributed by atoms with Gasteiger partial charge in [0.1, 0.15) is 6.10 Å². The van der Waals surface area contributed by atoms with Crippen molar-refractivity contribution in [3.05, 3.63) is 0 Å². The maximum Gasteiger partial charge on any atom is 0.308 e. The Bertz CT molecular complexity index is 433. The zero-order chi connectivity index (χ0) is 18.3. The Morgan fingerprint density at radius 2 is 1.48 bits per heavy atom. The van der Waals surface area contributed by atoms with Crippen LogP contribution in [-0.4, -0.2) is 41.4 Å². The lowest BCUT2D eigenvalue weighted by Gasteiger charge is -2.40. The second-order valence-electron chi connectivity index (χ2n) is 9.72. The van der Waals surface area contributed by atoms with E-state index in [-0.39, 0.29) is 28.3 Å². The van der Waals surface area contributed by atoms with E-state index in [0.717, 1.165) is 0 Å². The highest BCUT2D eigenvalue weighted by Gasteiger charge is 2.46. The minimum absolute atomic E-state index is 0.115. The number of ether oxygens (including phenoxy) is 1. The molecule has 0 aromatic carbocycles. The third-order valence-corrected chi connectivity index (χ3v) is 14.7. The summed E-state index contributed by atoms with van der Waals surface area (Å²) in [6.07, 6.45) is -0.100. The van der Waals surface area contributed by atoms with Crippen LogP contribution in [0.2, 0.25) is 36.3 Å². The largest absolute Gasteiger partial charge is 0.457 e. The maximum absolute atomic E-state index is 11.8. The normalized spacial score (nSPS) is 24.0. The molecule has 0 aromatic rings. The van der Waals surface area contributed by atoms with Crippen molar-refractivity contribution < 1.29 is 18.4 Å². The number of rotatable bonds is 5. The van der Waals surface area contributed by atoms with Crippen molar-refractivity contribution in [2.75, 3.05) is 6.61 Å². The molecule has 0 spiro atoms. The number of esters is 1. The summed E-state index contributed by atoms with van der Waals surface area (Å²) in [6.45, 7) is 22.6. The molecule has 0 radical (unpaired) electrons. The molecule has 0 amide bonds. The number of hydrogen-bond donors (Lipinski definition) is 0. The van der Waals surface area contributed by atoms with Crippen molar-refractivity contribution >= 4 is 22.6 Å². The molecule has 0 aliphatic carbocycles. The van der Waals surface area contributed by atoms with Crippen LogP contribution in [0, 0.1) is 0 Å². The van der Waals surface area contributed by atoms with Crippen LogP contribution in [0.1, 0.15) is 48.0 Å². The molecule has 4 nitrogen and oxygen atoms in total. The lowest BCUT2D eigenvalue weighted by Crippen LogP contribution is -2.48. The Labute approximate surface area is 144 Å². The van der Waals surface area contributed by atoms with Crippen LogP contribution < -0.4 is 0 Å². The smallest absolute Gasteiger partial charge is 0.308 e. The van der Waals surface area contributed by atoms with Crippen LogP contribution in [0.5, 0.6) is 0 Å². The molecule has 136 valence electrons. The molecule has 0 aromatic heterocycles. The van der Waals surface area contributed by atoms with Crippen LogP contribution in [0.15, 0.2) is 0 Å². The SMILES string of the molecule is CC(C)(C)[Si](C)(C)OCC1OC(=O)CC1O[Si](C)(C)C(C)(C)C. The number of hydrogen-bond acceptors (Lipinski definition) is 4. The van der Waals surface area contributed by atoms with E-state index in [1.165, 1.54) is 0 Å². The highest BCUT2D eigenvalue weighted by Crippen LogP contribution is 2.40. The lowest BCUT2D eigenvalue weighted by atomic mass is 10.2. The first-order valence-corrected chi connectivity index (χ1v) is 14.4. The zero-order valence-corrected chi connectivity index (χ0v) is 18.7. The predicted octanol–water partition coefficient (Wildman–Crippen LogP) is 4.71. The zero-order valence-electron chi connectivity index (χ0n) is 16.7. The fourth-order valence-corrected chi connectivity index (χ4v) is 4.27. The summed E-state index contributed by atoms with van der Waals surface area (Å²) in [5.41, 5.74) is 0. The van der Waals surface area contributed by atoms with Gasteiger partial charge < -0.3 is 13.6 Å². The van der Waals surface area contributed by atoms with Gasteiger partial charge in [0, 0.05) is 0 Å². The highest BCUT2D eigenvalue weighted by molar-refractivity contribution is 6.74. The summed E-state index contributed by atoms with van der Waals surface area (Å²) < 4.78 is 18.2. The molecule has 1 saturated heterocycles. The second kappa shape index (κ2) is 6.61. The van der Waals surface area contributed by atoms with Crippen molar-refractivity contribution in [3.63, 3.8) is 0 Å². The van der Waals surface area contributed by atoms with Crippen molar-refractivity contribution in [3.8, 4) is 0 Å². The average Bonchev–Trinajstić information content (AvgIpc) is 2.63. The third kappa shape index (κ3) is 5.15. The molecule has 0 saturated carbocycles. The monoisotopic (exact) mass is 360 g/mol. The Balaban J connectivity index is 2.76. The Morgan fingerprint density at radius 3 is 1.91 bits per heavy atom. The van der Waals surface area contributed by atoms with Gasteiger partial charge in [0.15, 0.2) is 16.6 Å². The highest BCUT2D eigenvalue weighted by atomic mass is 28.4. The van der Waals surface area contributed by atoms with Gasteiger partial charge in [-0.3, -0.25) is 4.79 Å². The van der Waals surface area contributed by atoms with Gasteiger partial charge in [-0.05, 0) is 36.3 Å². The molecule has 6 heteroatoms. The van der Waals surface area contributed by atoms with Crippen molar-refractivity contribution in [2.24, 2.45) is 0 Å². The molecule has 2 unspecified atom stereocenters. The predicted molar refractivity (Wildman–Crippen MR) is 99.7 cm³/mol. The molecular weight excluding hydrogens is 324 g/mol. The van der Waals surface area contributed by atoms with Crippen molar-refractivity contribution in [1.29, 1.82) is 0 Å². The van der Waals surface area contributed by atoms with E-state index in [9.17, 15) is 4.79 Å². The van der Waals surface area contributed by atoms with Gasteiger partial charge in [-0.15, -0.1) is 0 Å². The molecule has 0 bridgehead atoms. The molecule has 2 atom stereocenters. The van der Waals surface area contributed by atoms with E-state index in [1.807, 2.05) is 0 Å². The van der Waals surface area contributed by atoms with E-state index < -0.39 is 16.6 Å². The minimum atomic E-state index is -1.93. The molecule has 23 heavy (non-hydrogen) atoms. The summed E-state index contributed by atoms with van der Waals surface area (Å²) in [5, 5.41) is 0.259. The standard InChI is InChI=1S/C17H36O4Si2/c1-16(2,3)22(7,8)19-12-14-13(11-15(18)20-14)21-23(9,10)17(4,5)6/h13-14H,11-12H2,1-10H3. The van der Waals surface area contributed by atoms with Crippen LogP contribution in [0.3, 0.4) is 0 Å². The van der Waals surface area contributed by atoms with E-state index in [2.05, 4.69) is 67.7 Å². The van der Waals surface area contributed by atoms with E-state index in [1.54, 1.807) is 0 Å². The van der Waals surface area contributed by atoms with Crippen molar-refractivity contribution in [2.45, 2.75) is 96.4 Å². The van der Waals surface area contributed by atoms with Gasteiger partial charge in [0.2, 0.25) is 0 Å². The van der Waals surface area contributed by atoms with Crippen LogP contribution >= 0.6 is 0 Å². The Hall–Kier alpha value is -0.176. The van der Waals surface area contributed by atoms with Gasteiger partial charge in [-0.2, -0.15) is 0 Å². The van der Waals surface area contributed by atoms with Crippen LogP contribution in [-0.2, 0) is 18.4 Å². The fourth-order valence-electron chi connectivity index (χ4n) is 1.91. The third-order valence-electron chi connectivity index (χ3n) is 5.73. The Kier molecular flexibility index (Phi) is 6.00. The first-order chi connectivity index (χ1) is 10.1. The summed E-state index contributed by atoms with van der Waals surface area (Å²) in [5.74, 6) is -0.169. The summed E-state index contributed by atoms with van der Waals surface area (Å²) >= 11 is 0. The maximum atomic E-state index is 11.8. The summed E-state index contributed by atoms with van der Waals surface area (Å²) in [6, 6.07) is 0. The van der Waals surface area contributed by atoms with Gasteiger partial charge in [0.05, 0.1) is 19.1 Å².